The molecule has 11 nitrogen and oxygen atoms in total. The van der Waals surface area contributed by atoms with Crippen molar-refractivity contribution in [1.82, 2.24) is 4.57 Å². The second kappa shape index (κ2) is 13.3. The number of nitrogens with zero attached hydrogens (tertiary/aromatic N) is 4. The fraction of sp³-hybridized carbons (Fsp3) is 0.250. The number of hydrogen-bond acceptors (Lipinski definition) is 9. The predicted octanol–water partition coefficient (Wildman–Crippen LogP) is 4.24. The largest absolute Gasteiger partial charge is 0.493 e. The number of methoxy groups -OCH3 is 1. The molecule has 2 heterocycles. The summed E-state index contributed by atoms with van der Waals surface area (Å²) in [6.45, 7) is 0.668. The van der Waals surface area contributed by atoms with Gasteiger partial charge in [0.1, 0.15) is 5.69 Å². The predicted molar refractivity (Wildman–Crippen MR) is 160 cm³/mol. The Balaban J connectivity index is 1.67. The number of rotatable bonds is 10. The summed E-state index contributed by atoms with van der Waals surface area (Å²) in [6.07, 6.45) is -3.76. The second-order valence-electron chi connectivity index (χ2n) is 10.2. The van der Waals surface area contributed by atoms with Crippen molar-refractivity contribution in [2.24, 2.45) is 5.73 Å². The van der Waals surface area contributed by atoms with Gasteiger partial charge in [-0.1, -0.05) is 30.3 Å². The molecule has 1 amide bonds. The summed E-state index contributed by atoms with van der Waals surface area (Å²) in [5.74, 6) is -4.02. The number of hydrogen-bond donors (Lipinski definition) is 1. The van der Waals surface area contributed by atoms with E-state index in [0.717, 1.165) is 12.7 Å². The molecule has 0 bridgehead atoms. The number of hydroxylamine groups is 1. The van der Waals surface area contributed by atoms with Crippen molar-refractivity contribution in [3.8, 4) is 6.07 Å². The number of para-hydroxylation sites is 1. The molecule has 3 aromatic carbocycles. The van der Waals surface area contributed by atoms with Crippen molar-refractivity contribution in [2.45, 2.75) is 18.8 Å². The first kappa shape index (κ1) is 32.0. The van der Waals surface area contributed by atoms with Crippen LogP contribution < -0.4 is 15.7 Å². The number of ether oxygens (including phenoxy) is 2. The molecule has 4 aromatic rings. The number of alkyl halides is 3. The number of esters is 1. The topological polar surface area (TPSA) is 140 Å². The van der Waals surface area contributed by atoms with E-state index >= 15 is 0 Å². The highest BCUT2D eigenvalue weighted by molar-refractivity contribution is 6.09. The van der Waals surface area contributed by atoms with Crippen molar-refractivity contribution in [2.75, 3.05) is 43.4 Å². The molecule has 46 heavy (non-hydrogen) atoms. The average Bonchev–Trinajstić information content (AvgIpc) is 3.41. The SMILES string of the molecule is COC(=O)c1ccc2c(c1)N(CCOCCN)C(=O)C(c1cn(Cc3ccc(C#N)cc3)c3ccccc13)N2OC(=O)C(F)(F)F. The molecule has 14 heteroatoms. The van der Waals surface area contributed by atoms with Gasteiger partial charge in [-0.15, -0.1) is 0 Å². The van der Waals surface area contributed by atoms with Crippen LogP contribution in [0.2, 0.25) is 0 Å². The fourth-order valence-electron chi connectivity index (χ4n) is 5.26. The summed E-state index contributed by atoms with van der Waals surface area (Å²) < 4.78 is 52.9. The highest BCUT2D eigenvalue weighted by Crippen LogP contribution is 2.45. The normalized spacial score (nSPS) is 14.6. The molecular formula is C32H28F3N5O6. The lowest BCUT2D eigenvalue weighted by Gasteiger charge is -2.41. The minimum absolute atomic E-state index is 0.0109. The molecule has 5 rings (SSSR count). The van der Waals surface area contributed by atoms with Crippen LogP contribution in [0, 0.1) is 11.3 Å². The van der Waals surface area contributed by atoms with E-state index in [1.807, 2.05) is 4.57 Å². The van der Waals surface area contributed by atoms with Gasteiger partial charge in [-0.25, -0.2) is 9.59 Å². The van der Waals surface area contributed by atoms with E-state index in [-0.39, 0.29) is 48.8 Å². The number of fused-ring (bicyclic) bond motifs is 2. The van der Waals surface area contributed by atoms with Crippen LogP contribution in [0.25, 0.3) is 10.9 Å². The summed E-state index contributed by atoms with van der Waals surface area (Å²) in [5.41, 5.74) is 7.69. The molecule has 238 valence electrons. The van der Waals surface area contributed by atoms with Crippen LogP contribution in [0.4, 0.5) is 24.5 Å². The van der Waals surface area contributed by atoms with Crippen LogP contribution in [0.3, 0.4) is 0 Å². The van der Waals surface area contributed by atoms with Crippen molar-refractivity contribution in [3.63, 3.8) is 0 Å². The number of carbonyl (C=O) groups excluding carboxylic acids is 3. The zero-order valence-electron chi connectivity index (χ0n) is 24.5. The highest BCUT2D eigenvalue weighted by atomic mass is 19.4. The zero-order chi connectivity index (χ0) is 33.0. The van der Waals surface area contributed by atoms with Gasteiger partial charge >= 0.3 is 18.1 Å². The molecule has 2 N–H and O–H groups in total. The van der Waals surface area contributed by atoms with Crippen LogP contribution in [0.5, 0.6) is 0 Å². The van der Waals surface area contributed by atoms with Crippen LogP contribution in [0.1, 0.15) is 33.1 Å². The number of anilines is 2. The number of benzene rings is 3. The molecule has 1 aliphatic heterocycles. The van der Waals surface area contributed by atoms with E-state index < -0.39 is 30.1 Å². The Morgan fingerprint density at radius 2 is 1.76 bits per heavy atom. The Bertz CT molecular complexity index is 1820. The molecular weight excluding hydrogens is 607 g/mol. The third-order valence-corrected chi connectivity index (χ3v) is 7.34. The zero-order valence-corrected chi connectivity index (χ0v) is 24.5. The third kappa shape index (κ3) is 6.37. The number of amides is 1. The monoisotopic (exact) mass is 635 g/mol. The first-order chi connectivity index (χ1) is 22.1. The lowest BCUT2D eigenvalue weighted by Crippen LogP contribution is -2.51. The van der Waals surface area contributed by atoms with Gasteiger partial charge in [-0.05, 0) is 42.0 Å². The van der Waals surface area contributed by atoms with Crippen LogP contribution in [-0.2, 0) is 30.4 Å². The third-order valence-electron chi connectivity index (χ3n) is 7.34. The summed E-state index contributed by atoms with van der Waals surface area (Å²) in [6, 6.07) is 18.2. The number of aromatic nitrogens is 1. The van der Waals surface area contributed by atoms with Gasteiger partial charge in [0.2, 0.25) is 0 Å². The van der Waals surface area contributed by atoms with Gasteiger partial charge in [0.25, 0.3) is 5.91 Å². The molecule has 0 saturated carbocycles. The standard InChI is InChI=1S/C32H28F3N5O6/c1-44-30(42)22-10-11-26-27(16-22)39(13-15-45-14-12-36)29(41)28(40(26)46-31(43)32(33,34)35)24-19-38(25-5-3-2-4-23(24)25)18-21-8-6-20(17-37)7-9-21/h2-11,16,19,28H,12-15,18,36H2,1H3. The highest BCUT2D eigenvalue weighted by Gasteiger charge is 2.48. The Kier molecular flexibility index (Phi) is 9.26. The van der Waals surface area contributed by atoms with E-state index in [4.69, 9.17) is 25.3 Å². The first-order valence-corrected chi connectivity index (χ1v) is 14.0. The molecule has 1 aromatic heterocycles. The molecule has 1 unspecified atom stereocenters. The molecule has 0 radical (unpaired) electrons. The van der Waals surface area contributed by atoms with Crippen molar-refractivity contribution < 1.29 is 41.9 Å². The maximum absolute atomic E-state index is 14.4. The molecule has 0 saturated heterocycles. The van der Waals surface area contributed by atoms with Crippen LogP contribution in [0.15, 0.2) is 72.9 Å². The maximum atomic E-state index is 14.4. The van der Waals surface area contributed by atoms with E-state index in [0.29, 0.717) is 28.1 Å². The molecule has 1 atom stereocenters. The van der Waals surface area contributed by atoms with Crippen molar-refractivity contribution in [1.29, 1.82) is 5.26 Å². The molecule has 0 aliphatic carbocycles. The number of nitrogens with two attached hydrogens (primary N) is 1. The quantitative estimate of drug-likeness (QED) is 0.200. The van der Waals surface area contributed by atoms with Gasteiger partial charge in [-0.2, -0.15) is 23.5 Å². The van der Waals surface area contributed by atoms with Gasteiger partial charge in [0.05, 0.1) is 43.2 Å². The summed E-state index contributed by atoms with van der Waals surface area (Å²) in [4.78, 5) is 45.3. The van der Waals surface area contributed by atoms with Crippen LogP contribution >= 0.6 is 0 Å². The van der Waals surface area contributed by atoms with E-state index in [1.54, 1.807) is 54.7 Å². The van der Waals surface area contributed by atoms with Crippen LogP contribution in [-0.4, -0.2) is 62.0 Å². The second-order valence-corrected chi connectivity index (χ2v) is 10.2. The summed E-state index contributed by atoms with van der Waals surface area (Å²) in [7, 11) is 1.16. The minimum Gasteiger partial charge on any atom is -0.465 e. The molecule has 0 fully saturated rings. The average molecular weight is 636 g/mol. The van der Waals surface area contributed by atoms with E-state index in [2.05, 4.69) is 6.07 Å². The van der Waals surface area contributed by atoms with Gasteiger partial charge in [-0.3, -0.25) is 4.79 Å². The first-order valence-electron chi connectivity index (χ1n) is 14.0. The molecule has 0 spiro atoms. The van der Waals surface area contributed by atoms with Crippen molar-refractivity contribution >= 4 is 40.1 Å². The minimum atomic E-state index is -5.38. The number of halogens is 3. The van der Waals surface area contributed by atoms with E-state index in [1.165, 1.54) is 23.1 Å². The van der Waals surface area contributed by atoms with E-state index in [9.17, 15) is 27.6 Å². The lowest BCUT2D eigenvalue weighted by atomic mass is 9.99. The number of carbonyl (C=O) groups is 3. The van der Waals surface area contributed by atoms with Gasteiger partial charge in [0.15, 0.2) is 6.04 Å². The Hall–Kier alpha value is -5.39. The van der Waals surface area contributed by atoms with Gasteiger partial charge < -0.3 is 29.5 Å². The Morgan fingerprint density at radius 3 is 2.43 bits per heavy atom. The summed E-state index contributed by atoms with van der Waals surface area (Å²) >= 11 is 0. The van der Waals surface area contributed by atoms with Gasteiger partial charge in [0, 0.05) is 42.3 Å². The summed E-state index contributed by atoms with van der Waals surface area (Å²) in [5, 5.41) is 10.3. The number of nitriles is 1. The fourth-order valence-corrected chi connectivity index (χ4v) is 5.26. The Labute approximate surface area is 261 Å². The van der Waals surface area contributed by atoms with Crippen molar-refractivity contribution in [3.05, 3.63) is 95.2 Å². The lowest BCUT2D eigenvalue weighted by molar-refractivity contribution is -0.202. The maximum Gasteiger partial charge on any atom is 0.493 e. The molecule has 1 aliphatic rings. The Morgan fingerprint density at radius 1 is 1.02 bits per heavy atom. The smallest absolute Gasteiger partial charge is 0.465 e.